The van der Waals surface area contributed by atoms with E-state index in [0.29, 0.717) is 0 Å². The minimum absolute atomic E-state index is 0. The van der Waals surface area contributed by atoms with Gasteiger partial charge in [0.2, 0.25) is 0 Å². The molecule has 0 rings (SSSR count). The molecule has 0 atom stereocenters. The fraction of sp³-hybridized carbons (Fsp3) is 1.00. The summed E-state index contributed by atoms with van der Waals surface area (Å²) in [5.41, 5.74) is 0. The first-order valence-corrected chi connectivity index (χ1v) is 1.82. The number of halogens is 2. The largest absolute Gasteiger partial charge is 0.668 e. The standard InChI is InChI=1S/C2H6N.Cl2O.Zn/c2*1-3-2;/h1-2H3;;/q-1;;. The van der Waals surface area contributed by atoms with Gasteiger partial charge >= 0.3 is 0 Å². The van der Waals surface area contributed by atoms with Crippen molar-refractivity contribution in [2.24, 2.45) is 0 Å². The molecule has 0 fully saturated rings. The number of nitrogens with zero attached hydrogens (tertiary/aromatic N) is 1. The van der Waals surface area contributed by atoms with Crippen LogP contribution in [0.2, 0.25) is 0 Å². The van der Waals surface area contributed by atoms with Crippen LogP contribution in [0.1, 0.15) is 0 Å². The summed E-state index contributed by atoms with van der Waals surface area (Å²) < 4.78 is 3.19. The molecule has 0 aromatic carbocycles. The summed E-state index contributed by atoms with van der Waals surface area (Å²) in [7, 11) is 3.50. The molecule has 0 radical (unpaired) electrons. The molecule has 0 aliphatic heterocycles. The van der Waals surface area contributed by atoms with Gasteiger partial charge in [0.25, 0.3) is 0 Å². The van der Waals surface area contributed by atoms with Gasteiger partial charge in [0.1, 0.15) is 0 Å². The molecule has 5 heteroatoms. The molecule has 0 aromatic rings. The van der Waals surface area contributed by atoms with Gasteiger partial charge in [-0.3, -0.25) is 0 Å². The van der Waals surface area contributed by atoms with Crippen molar-refractivity contribution in [1.82, 2.24) is 0 Å². The molecule has 0 aromatic heterocycles. The zero-order valence-corrected chi connectivity index (χ0v) is 8.80. The summed E-state index contributed by atoms with van der Waals surface area (Å²) in [5, 5.41) is 3.50. The van der Waals surface area contributed by atoms with E-state index >= 15 is 0 Å². The zero-order valence-electron chi connectivity index (χ0n) is 4.32. The number of hydrogen-bond acceptors (Lipinski definition) is 1. The van der Waals surface area contributed by atoms with E-state index < -0.39 is 0 Å². The third kappa shape index (κ3) is 148. The van der Waals surface area contributed by atoms with Crippen molar-refractivity contribution in [1.29, 1.82) is 0 Å². The normalized spacial score (nSPS) is 5.14. The predicted octanol–water partition coefficient (Wildman–Crippen LogP) is 1.93. The summed E-state index contributed by atoms with van der Waals surface area (Å²) in [5.74, 6) is 0. The molecule has 42 valence electrons. The molecule has 0 amide bonds. The Kier molecular flexibility index (Phi) is 61.4. The monoisotopic (exact) mass is 194 g/mol. The van der Waals surface area contributed by atoms with Crippen molar-refractivity contribution in [3.8, 4) is 0 Å². The van der Waals surface area contributed by atoms with Crippen molar-refractivity contribution in [2.45, 2.75) is 0 Å². The minimum atomic E-state index is 0. The van der Waals surface area contributed by atoms with E-state index in [9.17, 15) is 0 Å². The molecule has 0 saturated heterocycles. The molecule has 2 nitrogen and oxygen atoms in total. The zero-order chi connectivity index (χ0) is 5.41. The van der Waals surface area contributed by atoms with Gasteiger partial charge < -0.3 is 5.32 Å². The number of rotatable bonds is 0. The molecule has 0 aliphatic rings. The first kappa shape index (κ1) is 15.7. The van der Waals surface area contributed by atoms with Gasteiger partial charge in [-0.25, -0.2) is 0 Å². The SMILES string of the molecule is C[N-]C.ClOCl.[Zn]. The van der Waals surface area contributed by atoms with Crippen molar-refractivity contribution in [3.05, 3.63) is 5.32 Å². The van der Waals surface area contributed by atoms with Gasteiger partial charge in [-0.1, -0.05) is 0 Å². The van der Waals surface area contributed by atoms with E-state index in [1.807, 2.05) is 0 Å². The second kappa shape index (κ2) is 27.4. The van der Waals surface area contributed by atoms with Gasteiger partial charge in [-0.05, 0) is 0 Å². The maximum absolute atomic E-state index is 4.26. The maximum atomic E-state index is 4.26. The molecule has 7 heavy (non-hydrogen) atoms. The van der Waals surface area contributed by atoms with E-state index in [4.69, 9.17) is 0 Å². The third-order valence-corrected chi connectivity index (χ3v) is 0. The average molecular weight is 196 g/mol. The minimum Gasteiger partial charge on any atom is -0.668 e. The molecule has 0 saturated carbocycles. The van der Waals surface area contributed by atoms with Crippen molar-refractivity contribution in [2.75, 3.05) is 14.1 Å². The summed E-state index contributed by atoms with van der Waals surface area (Å²) in [6.45, 7) is 0. The smallest absolute Gasteiger partial charge is 0.0832 e. The Labute approximate surface area is 66.6 Å². The Hall–Kier alpha value is 1.12. The van der Waals surface area contributed by atoms with E-state index in [1.165, 1.54) is 0 Å². The van der Waals surface area contributed by atoms with E-state index in [-0.39, 0.29) is 19.5 Å². The molecular weight excluding hydrogens is 190 g/mol. The maximum Gasteiger partial charge on any atom is 0.0832 e. The Morgan fingerprint density at radius 2 is 1.29 bits per heavy atom. The van der Waals surface area contributed by atoms with E-state index in [1.54, 1.807) is 14.1 Å². The molecule has 0 spiro atoms. The van der Waals surface area contributed by atoms with Crippen LogP contribution in [-0.4, -0.2) is 14.1 Å². The van der Waals surface area contributed by atoms with Crippen molar-refractivity contribution in [3.63, 3.8) is 0 Å². The van der Waals surface area contributed by atoms with Gasteiger partial charge in [-0.2, -0.15) is 17.9 Å². The van der Waals surface area contributed by atoms with Gasteiger partial charge in [0.05, 0.1) is 23.7 Å². The Morgan fingerprint density at radius 1 is 1.29 bits per heavy atom. The van der Waals surface area contributed by atoms with Crippen LogP contribution in [0.15, 0.2) is 0 Å². The fourth-order valence-corrected chi connectivity index (χ4v) is 0. The molecular formula is C2H6Cl2NOZn-. The van der Waals surface area contributed by atoms with Crippen LogP contribution in [0.3, 0.4) is 0 Å². The average Bonchev–Trinajstić information content (AvgIpc) is 1.39. The van der Waals surface area contributed by atoms with Crippen LogP contribution in [0, 0.1) is 0 Å². The summed E-state index contributed by atoms with van der Waals surface area (Å²) >= 11 is 8.53. The van der Waals surface area contributed by atoms with Gasteiger partial charge in [0.15, 0.2) is 0 Å². The van der Waals surface area contributed by atoms with E-state index in [0.717, 1.165) is 0 Å². The Balaban J connectivity index is -0.0000000400. The first-order valence-electron chi connectivity index (χ1n) is 1.20. The molecule has 0 N–H and O–H groups in total. The Morgan fingerprint density at radius 3 is 1.29 bits per heavy atom. The molecule has 0 aliphatic carbocycles. The molecule has 0 unspecified atom stereocenters. The first-order chi connectivity index (χ1) is 2.83. The van der Waals surface area contributed by atoms with Crippen molar-refractivity contribution >= 4 is 23.7 Å². The van der Waals surface area contributed by atoms with Gasteiger partial charge in [-0.15, -0.1) is 0 Å². The quantitative estimate of drug-likeness (QED) is 0.543. The second-order valence-electron chi connectivity index (χ2n) is 0.506. The van der Waals surface area contributed by atoms with Crippen molar-refractivity contribution < 1.29 is 23.3 Å². The number of hydrogen-bond donors (Lipinski definition) is 0. The Bertz CT molecular complexity index is 17.7. The van der Waals surface area contributed by atoms with Crippen LogP contribution < -0.4 is 0 Å². The predicted molar refractivity (Wildman–Crippen MR) is 28.0 cm³/mol. The van der Waals surface area contributed by atoms with Crippen LogP contribution in [0.5, 0.6) is 0 Å². The van der Waals surface area contributed by atoms with Crippen LogP contribution in [0.25, 0.3) is 5.32 Å². The second-order valence-corrected chi connectivity index (χ2v) is 0.972. The van der Waals surface area contributed by atoms with Crippen LogP contribution in [0.4, 0.5) is 0 Å². The fourth-order valence-electron chi connectivity index (χ4n) is 0. The molecule has 0 heterocycles. The van der Waals surface area contributed by atoms with Crippen LogP contribution >= 0.6 is 23.7 Å². The van der Waals surface area contributed by atoms with Gasteiger partial charge in [0, 0.05) is 19.5 Å². The van der Waals surface area contributed by atoms with Crippen LogP contribution in [-0.2, 0) is 23.3 Å². The third-order valence-electron chi connectivity index (χ3n) is 0. The molecule has 0 bridgehead atoms. The topological polar surface area (TPSA) is 23.3 Å². The summed E-state index contributed by atoms with van der Waals surface area (Å²) in [6.07, 6.45) is 0. The van der Waals surface area contributed by atoms with E-state index in [2.05, 4.69) is 32.9 Å². The summed E-state index contributed by atoms with van der Waals surface area (Å²) in [4.78, 5) is 0. The summed E-state index contributed by atoms with van der Waals surface area (Å²) in [6, 6.07) is 0.